The van der Waals surface area contributed by atoms with Gasteiger partial charge >= 0.3 is 0 Å². The van der Waals surface area contributed by atoms with Crippen molar-refractivity contribution in [3.63, 3.8) is 0 Å². The molecule has 0 radical (unpaired) electrons. The molecule has 1 saturated heterocycles. The predicted octanol–water partition coefficient (Wildman–Crippen LogP) is 2.49. The third-order valence-corrected chi connectivity index (χ3v) is 6.31. The van der Waals surface area contributed by atoms with Crippen molar-refractivity contribution in [3.05, 3.63) is 33.8 Å². The third-order valence-electron chi connectivity index (χ3n) is 3.62. The van der Waals surface area contributed by atoms with Gasteiger partial charge in [0.1, 0.15) is 0 Å². The van der Waals surface area contributed by atoms with E-state index in [-0.39, 0.29) is 5.92 Å². The molecule has 0 aliphatic carbocycles. The number of rotatable bonds is 4. The Kier molecular flexibility index (Phi) is 5.31. The minimum Gasteiger partial charge on any atom is -0.381 e. The van der Waals surface area contributed by atoms with Gasteiger partial charge in [0.15, 0.2) is 0 Å². The van der Waals surface area contributed by atoms with Crippen LogP contribution in [0.4, 0.5) is 0 Å². The number of hydrogen-bond acceptors (Lipinski definition) is 3. The van der Waals surface area contributed by atoms with Crippen molar-refractivity contribution < 1.29 is 13.2 Å². The van der Waals surface area contributed by atoms with Crippen LogP contribution in [0.1, 0.15) is 12.0 Å². The summed E-state index contributed by atoms with van der Waals surface area (Å²) < 4.78 is 32.0. The van der Waals surface area contributed by atoms with E-state index < -0.39 is 15.3 Å². The van der Waals surface area contributed by atoms with E-state index in [2.05, 4.69) is 4.72 Å². The first-order valence-corrected chi connectivity index (χ1v) is 8.69. The van der Waals surface area contributed by atoms with Gasteiger partial charge in [0.25, 0.3) is 0 Å². The summed E-state index contributed by atoms with van der Waals surface area (Å²) in [4.78, 5) is 0. The number of halogens is 2. The maximum atomic E-state index is 12.1. The summed E-state index contributed by atoms with van der Waals surface area (Å²) in [7, 11) is -1.90. The van der Waals surface area contributed by atoms with E-state index in [0.717, 1.165) is 5.56 Å². The smallest absolute Gasteiger partial charge is 0.214 e. The van der Waals surface area contributed by atoms with E-state index in [0.29, 0.717) is 36.1 Å². The molecule has 1 aromatic carbocycles. The van der Waals surface area contributed by atoms with E-state index in [1.807, 2.05) is 0 Å². The highest BCUT2D eigenvalue weighted by Crippen LogP contribution is 2.31. The van der Waals surface area contributed by atoms with Crippen molar-refractivity contribution in [2.45, 2.75) is 18.1 Å². The van der Waals surface area contributed by atoms with Gasteiger partial charge in [-0.25, -0.2) is 13.1 Å². The molecule has 1 aliphatic heterocycles. The molecule has 0 spiro atoms. The molecule has 0 amide bonds. The first kappa shape index (κ1) is 16.0. The fourth-order valence-electron chi connectivity index (χ4n) is 2.52. The van der Waals surface area contributed by atoms with Crippen LogP contribution in [-0.4, -0.2) is 33.9 Å². The van der Waals surface area contributed by atoms with Crippen molar-refractivity contribution in [2.24, 2.45) is 5.92 Å². The molecule has 0 bridgehead atoms. The second-order valence-corrected chi connectivity index (χ2v) is 7.73. The van der Waals surface area contributed by atoms with Gasteiger partial charge in [-0.2, -0.15) is 0 Å². The molecule has 20 heavy (non-hydrogen) atoms. The number of ether oxygens (including phenoxy) is 1. The van der Waals surface area contributed by atoms with Gasteiger partial charge in [0.05, 0.1) is 11.9 Å². The Bertz CT molecular complexity index is 557. The molecule has 112 valence electrons. The first-order chi connectivity index (χ1) is 9.45. The molecule has 0 aromatic heterocycles. The zero-order chi connectivity index (χ0) is 14.8. The topological polar surface area (TPSA) is 55.4 Å². The summed E-state index contributed by atoms with van der Waals surface area (Å²) in [5.74, 6) is -0.154. The molecule has 1 fully saturated rings. The van der Waals surface area contributed by atoms with Crippen molar-refractivity contribution in [1.29, 1.82) is 0 Å². The summed E-state index contributed by atoms with van der Waals surface area (Å²) in [5, 5.41) is 0.640. The lowest BCUT2D eigenvalue weighted by molar-refractivity contribution is 0.0571. The SMILES string of the molecule is CNS(=O)(=O)C1CCOCC1Cc1c(Cl)cccc1Cl. The van der Waals surface area contributed by atoms with Crippen molar-refractivity contribution >= 4 is 33.2 Å². The van der Waals surface area contributed by atoms with Crippen molar-refractivity contribution in [1.82, 2.24) is 4.72 Å². The Balaban J connectivity index is 2.26. The standard InChI is InChI=1S/C13H17Cl2NO3S/c1-16-20(17,18)13-5-6-19-8-9(13)7-10-11(14)3-2-4-12(10)15/h2-4,9,13,16H,5-8H2,1H3. The highest BCUT2D eigenvalue weighted by molar-refractivity contribution is 7.90. The molecule has 1 heterocycles. The molecule has 2 unspecified atom stereocenters. The van der Waals surface area contributed by atoms with E-state index >= 15 is 0 Å². The lowest BCUT2D eigenvalue weighted by Gasteiger charge is -2.31. The normalized spacial score (nSPS) is 23.8. The Labute approximate surface area is 129 Å². The van der Waals surface area contributed by atoms with Crippen LogP contribution in [0.2, 0.25) is 10.0 Å². The zero-order valence-corrected chi connectivity index (χ0v) is 13.4. The van der Waals surface area contributed by atoms with Crippen LogP contribution in [-0.2, 0) is 21.2 Å². The van der Waals surface area contributed by atoms with Crippen molar-refractivity contribution in [2.75, 3.05) is 20.3 Å². The summed E-state index contributed by atoms with van der Waals surface area (Å²) >= 11 is 12.3. The largest absolute Gasteiger partial charge is 0.381 e. The van der Waals surface area contributed by atoms with E-state index in [4.69, 9.17) is 27.9 Å². The predicted molar refractivity (Wildman–Crippen MR) is 80.9 cm³/mol. The Morgan fingerprint density at radius 2 is 2.00 bits per heavy atom. The van der Waals surface area contributed by atoms with E-state index in [1.54, 1.807) is 18.2 Å². The molecule has 1 N–H and O–H groups in total. The summed E-state index contributed by atoms with van der Waals surface area (Å²) in [6, 6.07) is 5.29. The van der Waals surface area contributed by atoms with Crippen LogP contribution in [0.25, 0.3) is 0 Å². The van der Waals surface area contributed by atoms with Crippen LogP contribution in [0.3, 0.4) is 0 Å². The monoisotopic (exact) mass is 337 g/mol. The lowest BCUT2D eigenvalue weighted by atomic mass is 9.93. The first-order valence-electron chi connectivity index (χ1n) is 6.38. The number of sulfonamides is 1. The average molecular weight is 338 g/mol. The summed E-state index contributed by atoms with van der Waals surface area (Å²) in [5.41, 5.74) is 0.780. The zero-order valence-electron chi connectivity index (χ0n) is 11.1. The Morgan fingerprint density at radius 1 is 1.35 bits per heavy atom. The highest BCUT2D eigenvalue weighted by atomic mass is 35.5. The lowest BCUT2D eigenvalue weighted by Crippen LogP contribution is -2.43. The average Bonchev–Trinajstić information content (AvgIpc) is 2.43. The molecule has 1 aromatic rings. The number of benzene rings is 1. The maximum Gasteiger partial charge on any atom is 0.214 e. The Morgan fingerprint density at radius 3 is 2.60 bits per heavy atom. The van der Waals surface area contributed by atoms with Crippen LogP contribution >= 0.6 is 23.2 Å². The molecule has 0 saturated carbocycles. The molecular weight excluding hydrogens is 321 g/mol. The van der Waals surface area contributed by atoms with Gasteiger partial charge in [-0.1, -0.05) is 29.3 Å². The molecule has 2 rings (SSSR count). The second kappa shape index (κ2) is 6.62. The highest BCUT2D eigenvalue weighted by Gasteiger charge is 2.35. The van der Waals surface area contributed by atoms with E-state index in [1.165, 1.54) is 7.05 Å². The molecular formula is C13H17Cl2NO3S. The fourth-order valence-corrected chi connectivity index (χ4v) is 4.46. The minimum absolute atomic E-state index is 0.154. The van der Waals surface area contributed by atoms with Crippen LogP contribution in [0, 0.1) is 5.92 Å². The van der Waals surface area contributed by atoms with Gasteiger partial charge in [-0.3, -0.25) is 0 Å². The summed E-state index contributed by atoms with van der Waals surface area (Å²) in [6.45, 7) is 0.853. The van der Waals surface area contributed by atoms with Crippen LogP contribution < -0.4 is 4.72 Å². The van der Waals surface area contributed by atoms with Crippen LogP contribution in [0.5, 0.6) is 0 Å². The fraction of sp³-hybridized carbons (Fsp3) is 0.538. The van der Waals surface area contributed by atoms with Gasteiger partial charge in [-0.15, -0.1) is 0 Å². The minimum atomic E-state index is -3.33. The Hall–Kier alpha value is -0.330. The molecule has 2 atom stereocenters. The number of nitrogens with one attached hydrogen (secondary N) is 1. The third kappa shape index (κ3) is 3.46. The van der Waals surface area contributed by atoms with Gasteiger partial charge < -0.3 is 4.74 Å². The summed E-state index contributed by atoms with van der Waals surface area (Å²) in [6.07, 6.45) is 0.972. The molecule has 7 heteroatoms. The van der Waals surface area contributed by atoms with Gasteiger partial charge in [-0.05, 0) is 37.6 Å². The quantitative estimate of drug-likeness (QED) is 0.918. The molecule has 4 nitrogen and oxygen atoms in total. The van der Waals surface area contributed by atoms with Crippen LogP contribution in [0.15, 0.2) is 18.2 Å². The van der Waals surface area contributed by atoms with Gasteiger partial charge in [0, 0.05) is 22.6 Å². The maximum absolute atomic E-state index is 12.1. The van der Waals surface area contributed by atoms with Crippen molar-refractivity contribution in [3.8, 4) is 0 Å². The number of hydrogen-bond donors (Lipinski definition) is 1. The molecule has 1 aliphatic rings. The second-order valence-electron chi connectivity index (χ2n) is 4.82. The van der Waals surface area contributed by atoms with E-state index in [9.17, 15) is 8.42 Å². The van der Waals surface area contributed by atoms with Gasteiger partial charge in [0.2, 0.25) is 10.0 Å².